The van der Waals surface area contributed by atoms with E-state index < -0.39 is 0 Å². The summed E-state index contributed by atoms with van der Waals surface area (Å²) in [6.45, 7) is 0.690. The molecule has 108 valence electrons. The number of carbonyl (C=O) groups is 1. The van der Waals surface area contributed by atoms with Crippen LogP contribution in [0.5, 0.6) is 17.2 Å². The van der Waals surface area contributed by atoms with E-state index in [2.05, 4.69) is 5.32 Å². The number of benzene rings is 1. The van der Waals surface area contributed by atoms with Gasteiger partial charge in [-0.1, -0.05) is 0 Å². The van der Waals surface area contributed by atoms with Crippen molar-refractivity contribution in [3.05, 3.63) is 23.4 Å². The molecule has 1 aromatic carbocycles. The maximum atomic E-state index is 11.5. The number of nitrogens with one attached hydrogen (secondary N) is 1. The number of piperidine rings is 1. The number of hydrogen-bond acceptors (Lipinski definition) is 5. The third-order valence-corrected chi connectivity index (χ3v) is 3.17. The minimum absolute atomic E-state index is 0.252. The standard InChI is InChI=1S/C15H19NO4/c1-18-13-7-10(8-14(19-2)15(13)20-3)6-11-9-12(17)4-5-16-11/h6-8,16H,4-5,9H2,1-3H3. The lowest BCUT2D eigenvalue weighted by atomic mass is 10.1. The summed E-state index contributed by atoms with van der Waals surface area (Å²) in [6.07, 6.45) is 2.96. The Morgan fingerprint density at radius 1 is 1.10 bits per heavy atom. The van der Waals surface area contributed by atoms with Crippen LogP contribution in [0.1, 0.15) is 18.4 Å². The highest BCUT2D eigenvalue weighted by Crippen LogP contribution is 2.38. The average Bonchev–Trinajstić information content (AvgIpc) is 2.46. The highest BCUT2D eigenvalue weighted by atomic mass is 16.5. The normalized spacial score (nSPS) is 16.8. The lowest BCUT2D eigenvalue weighted by Gasteiger charge is -2.17. The van der Waals surface area contributed by atoms with Gasteiger partial charge in [0, 0.05) is 25.1 Å². The molecule has 2 rings (SSSR count). The molecule has 0 radical (unpaired) electrons. The molecule has 1 saturated heterocycles. The van der Waals surface area contributed by atoms with Crippen LogP contribution in [-0.4, -0.2) is 33.7 Å². The monoisotopic (exact) mass is 277 g/mol. The number of rotatable bonds is 4. The van der Waals surface area contributed by atoms with E-state index in [1.807, 2.05) is 18.2 Å². The molecule has 0 unspecified atom stereocenters. The third kappa shape index (κ3) is 3.04. The van der Waals surface area contributed by atoms with Crippen molar-refractivity contribution in [3.63, 3.8) is 0 Å². The molecule has 5 nitrogen and oxygen atoms in total. The molecule has 1 aromatic rings. The number of hydrogen-bond donors (Lipinski definition) is 1. The van der Waals surface area contributed by atoms with Gasteiger partial charge < -0.3 is 19.5 Å². The van der Waals surface area contributed by atoms with Crippen LogP contribution in [0.4, 0.5) is 0 Å². The molecule has 0 bridgehead atoms. The summed E-state index contributed by atoms with van der Waals surface area (Å²) in [5.74, 6) is 2.01. The molecule has 20 heavy (non-hydrogen) atoms. The molecule has 5 heteroatoms. The van der Waals surface area contributed by atoms with Crippen molar-refractivity contribution in [2.24, 2.45) is 0 Å². The summed E-state index contributed by atoms with van der Waals surface area (Å²) in [5, 5.41) is 3.23. The van der Waals surface area contributed by atoms with Gasteiger partial charge in [-0.15, -0.1) is 0 Å². The summed E-state index contributed by atoms with van der Waals surface area (Å²) in [6, 6.07) is 3.71. The Kier molecular flexibility index (Phi) is 4.50. The number of methoxy groups -OCH3 is 3. The average molecular weight is 277 g/mol. The maximum Gasteiger partial charge on any atom is 0.203 e. The highest BCUT2D eigenvalue weighted by molar-refractivity contribution is 5.83. The number of ketones is 1. The summed E-state index contributed by atoms with van der Waals surface area (Å²) in [5.41, 5.74) is 1.81. The van der Waals surface area contributed by atoms with Crippen LogP contribution in [0.2, 0.25) is 0 Å². The number of ether oxygens (including phenoxy) is 3. The number of carbonyl (C=O) groups excluding carboxylic acids is 1. The molecule has 0 aromatic heterocycles. The molecule has 1 heterocycles. The highest BCUT2D eigenvalue weighted by Gasteiger charge is 2.15. The van der Waals surface area contributed by atoms with E-state index in [9.17, 15) is 4.79 Å². The number of allylic oxidation sites excluding steroid dienone is 1. The first-order valence-electron chi connectivity index (χ1n) is 6.44. The van der Waals surface area contributed by atoms with Crippen molar-refractivity contribution >= 4 is 11.9 Å². The van der Waals surface area contributed by atoms with E-state index in [0.29, 0.717) is 36.6 Å². The van der Waals surface area contributed by atoms with Gasteiger partial charge in [-0.3, -0.25) is 4.79 Å². The molecule has 0 saturated carbocycles. The van der Waals surface area contributed by atoms with Gasteiger partial charge >= 0.3 is 0 Å². The molecule has 1 N–H and O–H groups in total. The van der Waals surface area contributed by atoms with Crippen molar-refractivity contribution in [2.45, 2.75) is 12.8 Å². The van der Waals surface area contributed by atoms with Crippen molar-refractivity contribution in [3.8, 4) is 17.2 Å². The van der Waals surface area contributed by atoms with E-state index in [0.717, 1.165) is 11.3 Å². The van der Waals surface area contributed by atoms with E-state index in [1.54, 1.807) is 21.3 Å². The predicted molar refractivity (Wildman–Crippen MR) is 76.3 cm³/mol. The SMILES string of the molecule is COc1cc(C=C2CC(=O)CCN2)cc(OC)c1OC. The third-order valence-electron chi connectivity index (χ3n) is 3.17. The van der Waals surface area contributed by atoms with Crippen LogP contribution >= 0.6 is 0 Å². The zero-order valence-corrected chi connectivity index (χ0v) is 12.0. The molecular formula is C15H19NO4. The minimum atomic E-state index is 0.252. The fourth-order valence-corrected chi connectivity index (χ4v) is 2.21. The van der Waals surface area contributed by atoms with Crippen LogP contribution in [0.3, 0.4) is 0 Å². The van der Waals surface area contributed by atoms with Crippen LogP contribution in [0.25, 0.3) is 6.08 Å². The quantitative estimate of drug-likeness (QED) is 0.912. The first-order valence-corrected chi connectivity index (χ1v) is 6.44. The zero-order valence-electron chi connectivity index (χ0n) is 12.0. The summed E-state index contributed by atoms with van der Waals surface area (Å²) in [7, 11) is 4.73. The first kappa shape index (κ1) is 14.2. The molecule has 0 aliphatic carbocycles. The molecule has 1 aliphatic heterocycles. The molecule has 1 fully saturated rings. The Balaban J connectivity index is 2.36. The summed E-state index contributed by atoms with van der Waals surface area (Å²) < 4.78 is 15.9. The van der Waals surface area contributed by atoms with Gasteiger partial charge in [0.1, 0.15) is 5.78 Å². The van der Waals surface area contributed by atoms with Crippen LogP contribution in [-0.2, 0) is 4.79 Å². The molecule has 1 aliphatic rings. The lowest BCUT2D eigenvalue weighted by Crippen LogP contribution is -2.25. The van der Waals surface area contributed by atoms with E-state index in [4.69, 9.17) is 14.2 Å². The Labute approximate surface area is 118 Å². The Bertz CT molecular complexity index is 512. The predicted octanol–water partition coefficient (Wildman–Crippen LogP) is 2.01. The topological polar surface area (TPSA) is 56.8 Å². The van der Waals surface area contributed by atoms with Crippen LogP contribution in [0, 0.1) is 0 Å². The van der Waals surface area contributed by atoms with Gasteiger partial charge in [0.25, 0.3) is 0 Å². The van der Waals surface area contributed by atoms with E-state index in [1.165, 1.54) is 0 Å². The lowest BCUT2D eigenvalue weighted by molar-refractivity contribution is -0.119. The van der Waals surface area contributed by atoms with Gasteiger partial charge in [0.05, 0.1) is 21.3 Å². The van der Waals surface area contributed by atoms with E-state index in [-0.39, 0.29) is 5.78 Å². The Morgan fingerprint density at radius 3 is 2.25 bits per heavy atom. The molecular weight excluding hydrogens is 258 g/mol. The smallest absolute Gasteiger partial charge is 0.203 e. The summed E-state index contributed by atoms with van der Waals surface area (Å²) in [4.78, 5) is 11.5. The fraction of sp³-hybridized carbons (Fsp3) is 0.400. The van der Waals surface area contributed by atoms with Crippen molar-refractivity contribution in [2.75, 3.05) is 27.9 Å². The minimum Gasteiger partial charge on any atom is -0.493 e. The van der Waals surface area contributed by atoms with E-state index >= 15 is 0 Å². The van der Waals surface area contributed by atoms with Crippen molar-refractivity contribution in [1.29, 1.82) is 0 Å². The van der Waals surface area contributed by atoms with Gasteiger partial charge in [-0.05, 0) is 23.8 Å². The van der Waals surface area contributed by atoms with Gasteiger partial charge in [0.15, 0.2) is 11.5 Å². The Morgan fingerprint density at radius 2 is 1.75 bits per heavy atom. The zero-order chi connectivity index (χ0) is 14.5. The Hall–Kier alpha value is -2.17. The largest absolute Gasteiger partial charge is 0.493 e. The van der Waals surface area contributed by atoms with Gasteiger partial charge in [0.2, 0.25) is 5.75 Å². The molecule has 0 atom stereocenters. The van der Waals surface area contributed by atoms with Gasteiger partial charge in [-0.2, -0.15) is 0 Å². The van der Waals surface area contributed by atoms with Crippen molar-refractivity contribution < 1.29 is 19.0 Å². The first-order chi connectivity index (χ1) is 9.67. The van der Waals surface area contributed by atoms with Gasteiger partial charge in [-0.25, -0.2) is 0 Å². The second-order valence-electron chi connectivity index (χ2n) is 4.52. The number of Topliss-reactive ketones (excluding diaryl/α,β-unsaturated/α-hetero) is 1. The second kappa shape index (κ2) is 6.32. The van der Waals surface area contributed by atoms with Crippen LogP contribution in [0.15, 0.2) is 17.8 Å². The molecule has 0 amide bonds. The molecule has 0 spiro atoms. The van der Waals surface area contributed by atoms with Crippen molar-refractivity contribution in [1.82, 2.24) is 5.32 Å². The fourth-order valence-electron chi connectivity index (χ4n) is 2.21. The van der Waals surface area contributed by atoms with Crippen LogP contribution < -0.4 is 19.5 Å². The maximum absolute atomic E-state index is 11.5. The summed E-state index contributed by atoms with van der Waals surface area (Å²) >= 11 is 0. The second-order valence-corrected chi connectivity index (χ2v) is 4.52.